The molecule has 0 saturated heterocycles. The molecule has 0 aromatic heterocycles. The molecule has 5 aliphatic rings. The summed E-state index contributed by atoms with van der Waals surface area (Å²) >= 11 is 0. The van der Waals surface area contributed by atoms with Gasteiger partial charge in [0, 0.05) is 24.8 Å². The van der Waals surface area contributed by atoms with Crippen LogP contribution in [0.25, 0.3) is 0 Å². The lowest BCUT2D eigenvalue weighted by Gasteiger charge is -2.55. The monoisotopic (exact) mass is 396 g/mol. The van der Waals surface area contributed by atoms with Gasteiger partial charge in [0.05, 0.1) is 12.7 Å². The van der Waals surface area contributed by atoms with Gasteiger partial charge < -0.3 is 19.7 Å². The van der Waals surface area contributed by atoms with Crippen LogP contribution >= 0.6 is 0 Å². The Hall–Kier alpha value is -2.83. The first kappa shape index (κ1) is 18.2. The van der Waals surface area contributed by atoms with E-state index in [2.05, 4.69) is 5.32 Å². The summed E-state index contributed by atoms with van der Waals surface area (Å²) in [7, 11) is 1.34. The third-order valence-corrected chi connectivity index (χ3v) is 6.97. The van der Waals surface area contributed by atoms with Crippen LogP contribution in [-0.4, -0.2) is 48.1 Å². The Kier molecular flexibility index (Phi) is 4.15. The number of fused-ring (bicyclic) bond motifs is 3. The van der Waals surface area contributed by atoms with Crippen molar-refractivity contribution >= 4 is 17.8 Å². The topological polar surface area (TPSA) is 84.9 Å². The number of carbonyl (C=O) groups excluding carboxylic acids is 3. The van der Waals surface area contributed by atoms with Crippen LogP contribution in [-0.2, 0) is 14.3 Å². The van der Waals surface area contributed by atoms with E-state index in [-0.39, 0.29) is 29.6 Å². The molecule has 1 spiro atoms. The third-order valence-electron chi connectivity index (χ3n) is 6.97. The molecular formula is C22H24N2O5. The molecule has 29 heavy (non-hydrogen) atoms. The van der Waals surface area contributed by atoms with E-state index in [1.54, 1.807) is 17.0 Å². The van der Waals surface area contributed by atoms with Crippen molar-refractivity contribution in [2.45, 2.75) is 37.5 Å². The fraction of sp³-hybridized carbons (Fsp3) is 0.500. The number of hydrogen-bond acceptors (Lipinski definition) is 5. The van der Waals surface area contributed by atoms with E-state index < -0.39 is 17.7 Å². The van der Waals surface area contributed by atoms with E-state index in [0.29, 0.717) is 30.7 Å². The van der Waals surface area contributed by atoms with Gasteiger partial charge >= 0.3 is 5.97 Å². The van der Waals surface area contributed by atoms with Crippen molar-refractivity contribution in [3.8, 4) is 5.75 Å². The number of para-hydroxylation sites is 1. The highest BCUT2D eigenvalue weighted by Gasteiger charge is 2.57. The number of ether oxygens (including phenoxy) is 2. The SMILES string of the molecule is COC(=O)[C@@H]1C=CCN1C(=O)[C@H]1C[C@H]2CC[C@H]1C[C@@]21NC(=O)c2ccccc2O1. The van der Waals surface area contributed by atoms with Crippen molar-refractivity contribution in [3.63, 3.8) is 0 Å². The van der Waals surface area contributed by atoms with Gasteiger partial charge in [-0.2, -0.15) is 0 Å². The van der Waals surface area contributed by atoms with Crippen LogP contribution in [0.5, 0.6) is 5.75 Å². The fourth-order valence-electron chi connectivity index (χ4n) is 5.55. The van der Waals surface area contributed by atoms with Gasteiger partial charge in [-0.05, 0) is 37.3 Å². The van der Waals surface area contributed by atoms with Gasteiger partial charge in [0.25, 0.3) is 5.91 Å². The standard InChI is InChI=1S/C22H24N2O5/c1-28-21(27)17-6-4-10-24(17)20(26)16-11-14-9-8-13(16)12-22(14)23-19(25)15-5-2-3-7-18(15)29-22/h2-7,13-14,16-17H,8-12H2,1H3,(H,23,25)/t13-,14+,16-,17-,22-/m0/s1. The van der Waals surface area contributed by atoms with E-state index in [9.17, 15) is 14.4 Å². The number of nitrogens with zero attached hydrogens (tertiary/aromatic N) is 1. The second kappa shape index (κ2) is 6.61. The van der Waals surface area contributed by atoms with Gasteiger partial charge in [-0.25, -0.2) is 4.79 Å². The first-order chi connectivity index (χ1) is 14.0. The lowest BCUT2D eigenvalue weighted by molar-refractivity contribution is -0.161. The van der Waals surface area contributed by atoms with Crippen molar-refractivity contribution in [1.82, 2.24) is 10.2 Å². The second-order valence-corrected chi connectivity index (χ2v) is 8.41. The van der Waals surface area contributed by atoms with Crippen LogP contribution in [0.1, 0.15) is 36.0 Å². The van der Waals surface area contributed by atoms with Crippen molar-refractivity contribution in [2.24, 2.45) is 17.8 Å². The van der Waals surface area contributed by atoms with Crippen LogP contribution in [0.2, 0.25) is 0 Å². The van der Waals surface area contributed by atoms with Crippen LogP contribution < -0.4 is 10.1 Å². The molecule has 0 unspecified atom stereocenters. The molecular weight excluding hydrogens is 372 g/mol. The van der Waals surface area contributed by atoms with Gasteiger partial charge in [0.2, 0.25) is 5.91 Å². The van der Waals surface area contributed by atoms with Crippen molar-refractivity contribution < 1.29 is 23.9 Å². The second-order valence-electron chi connectivity index (χ2n) is 8.41. The maximum Gasteiger partial charge on any atom is 0.332 e. The van der Waals surface area contributed by atoms with Crippen molar-refractivity contribution in [1.29, 1.82) is 0 Å². The molecule has 1 N–H and O–H groups in total. The lowest BCUT2D eigenvalue weighted by Crippen LogP contribution is -2.67. The van der Waals surface area contributed by atoms with Gasteiger partial charge in [-0.15, -0.1) is 0 Å². The van der Waals surface area contributed by atoms with Crippen LogP contribution in [0, 0.1) is 17.8 Å². The summed E-state index contributed by atoms with van der Waals surface area (Å²) in [4.78, 5) is 39.6. The fourth-order valence-corrected chi connectivity index (χ4v) is 5.55. The maximum absolute atomic E-state index is 13.3. The van der Waals surface area contributed by atoms with Crippen LogP contribution in [0.3, 0.4) is 0 Å². The van der Waals surface area contributed by atoms with Crippen LogP contribution in [0.4, 0.5) is 0 Å². The molecule has 1 aromatic rings. The first-order valence-corrected chi connectivity index (χ1v) is 10.2. The summed E-state index contributed by atoms with van der Waals surface area (Å²) in [6.45, 7) is 0.429. The molecule has 1 aromatic carbocycles. The van der Waals surface area contributed by atoms with E-state index >= 15 is 0 Å². The quantitative estimate of drug-likeness (QED) is 0.610. The number of benzene rings is 1. The highest BCUT2D eigenvalue weighted by molar-refractivity contribution is 5.98. The number of amides is 2. The normalized spacial score (nSPS) is 34.5. The zero-order valence-corrected chi connectivity index (χ0v) is 16.3. The van der Waals surface area contributed by atoms with Gasteiger partial charge in [0.15, 0.2) is 5.72 Å². The number of hydrogen-bond donors (Lipinski definition) is 1. The van der Waals surface area contributed by atoms with Gasteiger partial charge in [-0.1, -0.05) is 24.3 Å². The summed E-state index contributed by atoms with van der Waals surface area (Å²) in [5.74, 6) is 0.0893. The van der Waals surface area contributed by atoms with Crippen molar-refractivity contribution in [2.75, 3.05) is 13.7 Å². The van der Waals surface area contributed by atoms with E-state index in [1.165, 1.54) is 7.11 Å². The van der Waals surface area contributed by atoms with Gasteiger partial charge in [0.1, 0.15) is 11.8 Å². The minimum atomic E-state index is -0.740. The average Bonchev–Trinajstić information content (AvgIpc) is 3.23. The zero-order chi connectivity index (χ0) is 20.2. The highest BCUT2D eigenvalue weighted by Crippen LogP contribution is 2.53. The Labute approximate surface area is 169 Å². The minimum Gasteiger partial charge on any atom is -0.467 e. The summed E-state index contributed by atoms with van der Waals surface area (Å²) < 4.78 is 11.2. The Morgan fingerprint density at radius 2 is 2.10 bits per heavy atom. The number of nitrogens with one attached hydrogen (secondary N) is 1. The molecule has 3 fully saturated rings. The third kappa shape index (κ3) is 2.74. The molecule has 152 valence electrons. The Balaban J connectivity index is 1.37. The van der Waals surface area contributed by atoms with E-state index in [1.807, 2.05) is 24.3 Å². The Morgan fingerprint density at radius 1 is 1.28 bits per heavy atom. The van der Waals surface area contributed by atoms with Crippen LogP contribution in [0.15, 0.2) is 36.4 Å². The molecule has 6 rings (SSSR count). The molecule has 2 heterocycles. The smallest absolute Gasteiger partial charge is 0.332 e. The predicted molar refractivity (Wildman–Crippen MR) is 103 cm³/mol. The number of esters is 1. The molecule has 5 atom stereocenters. The summed E-state index contributed by atoms with van der Waals surface area (Å²) in [6, 6.07) is 6.64. The predicted octanol–water partition coefficient (Wildman–Crippen LogP) is 1.88. The molecule has 2 aliphatic heterocycles. The first-order valence-electron chi connectivity index (χ1n) is 10.2. The molecule has 3 saturated carbocycles. The maximum atomic E-state index is 13.3. The largest absolute Gasteiger partial charge is 0.467 e. The van der Waals surface area contributed by atoms with E-state index in [0.717, 1.165) is 12.8 Å². The Bertz CT molecular complexity index is 912. The zero-order valence-electron chi connectivity index (χ0n) is 16.3. The molecule has 3 aliphatic carbocycles. The minimum absolute atomic E-state index is 0.00233. The van der Waals surface area contributed by atoms with E-state index in [4.69, 9.17) is 9.47 Å². The summed E-state index contributed by atoms with van der Waals surface area (Å²) in [5, 5.41) is 3.11. The number of carbonyl (C=O) groups is 3. The Morgan fingerprint density at radius 3 is 2.86 bits per heavy atom. The van der Waals surface area contributed by atoms with Gasteiger partial charge in [-0.3, -0.25) is 9.59 Å². The number of methoxy groups -OCH3 is 1. The molecule has 2 amide bonds. The molecule has 7 heteroatoms. The molecule has 0 radical (unpaired) electrons. The highest BCUT2D eigenvalue weighted by atomic mass is 16.5. The molecule has 7 nitrogen and oxygen atoms in total. The summed E-state index contributed by atoms with van der Waals surface area (Å²) in [6.07, 6.45) is 6.66. The average molecular weight is 396 g/mol. The summed E-state index contributed by atoms with van der Waals surface area (Å²) in [5.41, 5.74) is -0.188. The van der Waals surface area contributed by atoms with Crippen molar-refractivity contribution in [3.05, 3.63) is 42.0 Å². The molecule has 2 bridgehead atoms. The number of rotatable bonds is 2. The lowest BCUT2D eigenvalue weighted by atomic mass is 9.59.